The predicted octanol–water partition coefficient (Wildman–Crippen LogP) is 4.08. The quantitative estimate of drug-likeness (QED) is 0.449. The monoisotopic (exact) mass is 669 g/mol. The van der Waals surface area contributed by atoms with Gasteiger partial charge in [0.2, 0.25) is 17.7 Å². The van der Waals surface area contributed by atoms with E-state index in [1.165, 1.54) is 12.8 Å². The fourth-order valence-corrected chi connectivity index (χ4v) is 8.65. The smallest absolute Gasteiger partial charge is 0.245 e. The number of aliphatic hydroxyl groups excluding tert-OH is 1. The number of aliphatic hydroxyl groups is 1. The number of carbonyl (C=O) groups excluding carboxylic acids is 3. The number of carbonyl (C=O) groups is 3. The molecule has 2 aliphatic carbocycles. The summed E-state index contributed by atoms with van der Waals surface area (Å²) in [5.74, 6) is -0.291. The summed E-state index contributed by atoms with van der Waals surface area (Å²) in [6, 6.07) is 7.57. The molecule has 1 N–H and O–H groups in total. The molecule has 0 aromatic heterocycles. The molecule has 1 aromatic carbocycles. The van der Waals surface area contributed by atoms with E-state index in [0.717, 1.165) is 50.9 Å². The summed E-state index contributed by atoms with van der Waals surface area (Å²) in [6.07, 6.45) is 6.58. The van der Waals surface area contributed by atoms with Gasteiger partial charge < -0.3 is 24.7 Å². The van der Waals surface area contributed by atoms with E-state index in [1.807, 2.05) is 52.8 Å². The molecule has 0 bridgehead atoms. The van der Waals surface area contributed by atoms with Crippen LogP contribution in [0.4, 0.5) is 0 Å². The van der Waals surface area contributed by atoms with Crippen LogP contribution in [0.5, 0.6) is 0 Å². The fourth-order valence-electron chi connectivity index (χ4n) is 8.52. The van der Waals surface area contributed by atoms with Gasteiger partial charge in [0.05, 0.1) is 24.0 Å². The van der Waals surface area contributed by atoms with Crippen LogP contribution in [0.25, 0.3) is 0 Å². The molecule has 0 unspecified atom stereocenters. The lowest BCUT2D eigenvalue weighted by molar-refractivity contribution is -0.149. The number of benzene rings is 1. The zero-order valence-electron chi connectivity index (χ0n) is 29.2. The van der Waals surface area contributed by atoms with Gasteiger partial charge in [-0.2, -0.15) is 0 Å². The minimum Gasteiger partial charge on any atom is -0.395 e. The van der Waals surface area contributed by atoms with Crippen LogP contribution in [0, 0.1) is 16.7 Å². The van der Waals surface area contributed by atoms with E-state index in [-0.39, 0.29) is 53.7 Å². The summed E-state index contributed by atoms with van der Waals surface area (Å²) in [4.78, 5) is 54.2. The molecular formula is C37H56ClN5O4. The Bertz CT molecular complexity index is 1300. The molecule has 3 aliphatic heterocycles. The van der Waals surface area contributed by atoms with Gasteiger partial charge in [-0.15, -0.1) is 0 Å². The molecule has 5 fully saturated rings. The normalized spacial score (nSPS) is 29.3. The molecule has 3 saturated heterocycles. The van der Waals surface area contributed by atoms with Crippen LogP contribution in [0.2, 0.25) is 5.02 Å². The van der Waals surface area contributed by atoms with Crippen molar-refractivity contribution < 1.29 is 19.5 Å². The molecule has 1 aromatic rings. The van der Waals surface area contributed by atoms with E-state index in [0.29, 0.717) is 43.7 Å². The highest BCUT2D eigenvalue weighted by Gasteiger charge is 2.52. The van der Waals surface area contributed by atoms with Gasteiger partial charge in [-0.05, 0) is 89.0 Å². The van der Waals surface area contributed by atoms with Crippen molar-refractivity contribution in [2.45, 2.75) is 103 Å². The molecule has 5 aliphatic rings. The third-order valence-electron chi connectivity index (χ3n) is 12.0. The number of nitrogens with zero attached hydrogens (tertiary/aromatic N) is 5. The van der Waals surface area contributed by atoms with Crippen molar-refractivity contribution in [3.63, 3.8) is 0 Å². The highest BCUT2D eigenvalue weighted by molar-refractivity contribution is 6.30. The standard InChI is InChI=1S/C37H56ClN5O4/c1-36(2)14-12-28(13-15-36)43(35(47)37(3,4)24-44)29-20-32(34(46)40-18-16-39(5)17-19-40)42(21-29)33(45)31-23-41(27-10-11-27)22-30(31)25-6-8-26(38)9-7-25/h6-9,27-32,44H,10-24H2,1-5H3/t29-,30-,31+,32-/m0/s1. The second kappa shape index (κ2) is 13.6. The van der Waals surface area contributed by atoms with Crippen molar-refractivity contribution in [1.29, 1.82) is 0 Å². The maximum atomic E-state index is 14.9. The summed E-state index contributed by atoms with van der Waals surface area (Å²) in [5.41, 5.74) is 0.388. The molecule has 4 atom stereocenters. The van der Waals surface area contributed by atoms with Gasteiger partial charge in [0.1, 0.15) is 6.04 Å². The lowest BCUT2D eigenvalue weighted by atomic mass is 9.74. The van der Waals surface area contributed by atoms with Gasteiger partial charge in [0.15, 0.2) is 0 Å². The highest BCUT2D eigenvalue weighted by atomic mass is 35.5. The Kier molecular flexibility index (Phi) is 10.0. The maximum Gasteiger partial charge on any atom is 0.245 e. The molecule has 6 rings (SSSR count). The summed E-state index contributed by atoms with van der Waals surface area (Å²) >= 11 is 6.26. The second-order valence-electron chi connectivity index (χ2n) is 16.6. The van der Waals surface area contributed by atoms with Crippen LogP contribution in [0.15, 0.2) is 24.3 Å². The molecule has 2 saturated carbocycles. The fraction of sp³-hybridized carbons (Fsp3) is 0.757. The van der Waals surface area contributed by atoms with Crippen LogP contribution in [-0.2, 0) is 14.4 Å². The van der Waals surface area contributed by atoms with E-state index < -0.39 is 11.5 Å². The molecule has 9 nitrogen and oxygen atoms in total. The van der Waals surface area contributed by atoms with Crippen LogP contribution in [-0.4, -0.2) is 131 Å². The summed E-state index contributed by atoms with van der Waals surface area (Å²) in [7, 11) is 2.07. The Morgan fingerprint density at radius 2 is 1.55 bits per heavy atom. The van der Waals surface area contributed by atoms with E-state index in [4.69, 9.17) is 11.6 Å². The van der Waals surface area contributed by atoms with E-state index >= 15 is 0 Å². The lowest BCUT2D eigenvalue weighted by Crippen LogP contribution is -2.55. The molecule has 3 heterocycles. The van der Waals surface area contributed by atoms with E-state index in [2.05, 4.69) is 30.7 Å². The minimum absolute atomic E-state index is 0.00707. The molecule has 260 valence electrons. The average Bonchev–Trinajstić information content (AvgIpc) is 3.66. The first-order valence-electron chi connectivity index (χ1n) is 18.0. The van der Waals surface area contributed by atoms with Crippen LogP contribution in [0.3, 0.4) is 0 Å². The third kappa shape index (κ3) is 7.38. The van der Waals surface area contributed by atoms with Crippen LogP contribution in [0.1, 0.15) is 84.1 Å². The van der Waals surface area contributed by atoms with Crippen molar-refractivity contribution >= 4 is 29.3 Å². The molecule has 0 spiro atoms. The number of rotatable bonds is 8. The second-order valence-corrected chi connectivity index (χ2v) is 17.1. The van der Waals surface area contributed by atoms with Crippen molar-refractivity contribution in [3.8, 4) is 0 Å². The largest absolute Gasteiger partial charge is 0.395 e. The minimum atomic E-state index is -0.947. The SMILES string of the molecule is CN1CCN(C(=O)[C@@H]2C[C@H](N(C(=O)C(C)(C)CO)C3CCC(C)(C)CC3)CN2C(=O)[C@@H]2CN(C3CC3)C[C@H]2c2ccc(Cl)cc2)CC1. The molecule has 47 heavy (non-hydrogen) atoms. The Morgan fingerprint density at radius 1 is 0.915 bits per heavy atom. The van der Waals surface area contributed by atoms with Gasteiger partial charge in [-0.25, -0.2) is 0 Å². The van der Waals surface area contributed by atoms with Crippen molar-refractivity contribution in [3.05, 3.63) is 34.9 Å². The Labute approximate surface area is 286 Å². The zero-order chi connectivity index (χ0) is 33.7. The summed E-state index contributed by atoms with van der Waals surface area (Å²) < 4.78 is 0. The number of halogens is 1. The van der Waals surface area contributed by atoms with Gasteiger partial charge in [0.25, 0.3) is 0 Å². The number of hydrogen-bond donors (Lipinski definition) is 1. The van der Waals surface area contributed by atoms with Gasteiger partial charge in [-0.1, -0.05) is 37.6 Å². The lowest BCUT2D eigenvalue weighted by Gasteiger charge is -2.45. The molecule has 0 radical (unpaired) electrons. The topological polar surface area (TPSA) is 87.6 Å². The van der Waals surface area contributed by atoms with Gasteiger partial charge in [0, 0.05) is 68.8 Å². The van der Waals surface area contributed by atoms with Crippen molar-refractivity contribution in [2.24, 2.45) is 16.7 Å². The molecule has 3 amide bonds. The molecule has 10 heteroatoms. The first kappa shape index (κ1) is 34.7. The van der Waals surface area contributed by atoms with Crippen molar-refractivity contribution in [1.82, 2.24) is 24.5 Å². The van der Waals surface area contributed by atoms with Crippen LogP contribution >= 0.6 is 11.6 Å². The van der Waals surface area contributed by atoms with E-state index in [1.54, 1.807) is 0 Å². The first-order chi connectivity index (χ1) is 22.3. The number of piperazine rings is 1. The highest BCUT2D eigenvalue weighted by Crippen LogP contribution is 2.43. The maximum absolute atomic E-state index is 14.9. The third-order valence-corrected chi connectivity index (χ3v) is 12.2. The van der Waals surface area contributed by atoms with Crippen molar-refractivity contribution in [2.75, 3.05) is 59.5 Å². The Balaban J connectivity index is 1.32. The number of likely N-dealkylation sites (tertiary alicyclic amines) is 2. The first-order valence-corrected chi connectivity index (χ1v) is 18.4. The number of amides is 3. The predicted molar refractivity (Wildman–Crippen MR) is 184 cm³/mol. The van der Waals surface area contributed by atoms with E-state index in [9.17, 15) is 19.5 Å². The summed E-state index contributed by atoms with van der Waals surface area (Å²) in [6.45, 7) is 12.7. The zero-order valence-corrected chi connectivity index (χ0v) is 29.9. The Hall–Kier alpha value is -2.20. The number of likely N-dealkylation sites (N-methyl/N-ethyl adjacent to an activating group) is 1. The van der Waals surface area contributed by atoms with Gasteiger partial charge >= 0.3 is 0 Å². The van der Waals surface area contributed by atoms with Gasteiger partial charge in [-0.3, -0.25) is 19.3 Å². The number of hydrogen-bond acceptors (Lipinski definition) is 6. The summed E-state index contributed by atoms with van der Waals surface area (Å²) in [5, 5.41) is 11.0. The van der Waals surface area contributed by atoms with Crippen LogP contribution < -0.4 is 0 Å². The average molecular weight is 670 g/mol. The Morgan fingerprint density at radius 3 is 2.15 bits per heavy atom. The molecular weight excluding hydrogens is 614 g/mol.